The summed E-state index contributed by atoms with van der Waals surface area (Å²) in [5.41, 5.74) is 2.52. The monoisotopic (exact) mass is 362 g/mol. The van der Waals surface area contributed by atoms with Gasteiger partial charge >= 0.3 is 5.97 Å². The molecule has 6 nitrogen and oxygen atoms in total. The van der Waals surface area contributed by atoms with Crippen molar-refractivity contribution in [1.29, 1.82) is 0 Å². The molecular weight excluding hydrogens is 332 g/mol. The molecule has 0 fully saturated rings. The fraction of sp³-hybridized carbons (Fsp3) is 0.550. The minimum atomic E-state index is -0.536. The molecule has 0 heterocycles. The molecule has 0 saturated heterocycles. The summed E-state index contributed by atoms with van der Waals surface area (Å²) in [5.74, 6) is -0.816. The summed E-state index contributed by atoms with van der Waals surface area (Å²) < 4.78 is 5.11. The molecule has 2 amide bonds. The van der Waals surface area contributed by atoms with E-state index in [1.807, 2.05) is 39.8 Å². The number of carbonyl (C=O) groups excluding carboxylic acids is 3. The number of esters is 1. The lowest BCUT2D eigenvalue weighted by Crippen LogP contribution is -2.41. The highest BCUT2D eigenvalue weighted by atomic mass is 16.5. The van der Waals surface area contributed by atoms with E-state index in [1.54, 1.807) is 6.07 Å². The van der Waals surface area contributed by atoms with Crippen LogP contribution in [0.5, 0.6) is 0 Å². The van der Waals surface area contributed by atoms with Crippen molar-refractivity contribution >= 4 is 17.8 Å². The van der Waals surface area contributed by atoms with Crippen molar-refractivity contribution in [1.82, 2.24) is 10.6 Å². The SMILES string of the molecule is CC(C)NC(=O)CNC(=O)COC(=O)c1ccc(C(C)C)cc1C(C)C. The zero-order valence-corrected chi connectivity index (χ0v) is 16.5. The molecule has 0 bridgehead atoms. The standard InChI is InChI=1S/C20H30N2O4/c1-12(2)15-7-8-16(17(9-15)13(3)4)20(25)26-11-19(24)21-10-18(23)22-14(5)6/h7-9,12-14H,10-11H2,1-6H3,(H,21,24)(H,22,23). The Morgan fingerprint density at radius 2 is 1.62 bits per heavy atom. The van der Waals surface area contributed by atoms with Gasteiger partial charge in [0.15, 0.2) is 6.61 Å². The Bertz CT molecular complexity index is 651. The van der Waals surface area contributed by atoms with E-state index in [9.17, 15) is 14.4 Å². The second-order valence-electron chi connectivity index (χ2n) is 7.23. The van der Waals surface area contributed by atoms with Crippen molar-refractivity contribution in [2.75, 3.05) is 13.2 Å². The van der Waals surface area contributed by atoms with Crippen molar-refractivity contribution in [2.24, 2.45) is 0 Å². The molecule has 0 aliphatic heterocycles. The number of hydrogen-bond acceptors (Lipinski definition) is 4. The summed E-state index contributed by atoms with van der Waals surface area (Å²) in [6, 6.07) is 5.67. The lowest BCUT2D eigenvalue weighted by atomic mass is 9.91. The number of benzene rings is 1. The molecule has 26 heavy (non-hydrogen) atoms. The zero-order valence-electron chi connectivity index (χ0n) is 16.5. The van der Waals surface area contributed by atoms with Crippen LogP contribution in [0.25, 0.3) is 0 Å². The normalized spacial score (nSPS) is 11.0. The molecule has 2 N–H and O–H groups in total. The second kappa shape index (κ2) is 9.94. The van der Waals surface area contributed by atoms with Gasteiger partial charge < -0.3 is 15.4 Å². The third-order valence-electron chi connectivity index (χ3n) is 3.81. The van der Waals surface area contributed by atoms with Crippen LogP contribution in [0.2, 0.25) is 0 Å². The molecule has 0 radical (unpaired) electrons. The van der Waals surface area contributed by atoms with Gasteiger partial charge in [0.2, 0.25) is 5.91 Å². The molecule has 1 aromatic carbocycles. The van der Waals surface area contributed by atoms with E-state index in [-0.39, 0.29) is 24.4 Å². The lowest BCUT2D eigenvalue weighted by molar-refractivity contribution is -0.128. The average Bonchev–Trinajstić information content (AvgIpc) is 2.56. The fourth-order valence-corrected chi connectivity index (χ4v) is 2.42. The predicted octanol–water partition coefficient (Wildman–Crippen LogP) is 2.73. The van der Waals surface area contributed by atoms with Gasteiger partial charge in [0.25, 0.3) is 5.91 Å². The Morgan fingerprint density at radius 3 is 2.15 bits per heavy atom. The van der Waals surface area contributed by atoms with Gasteiger partial charge in [-0.3, -0.25) is 9.59 Å². The number of rotatable bonds is 8. The third kappa shape index (κ3) is 6.86. The van der Waals surface area contributed by atoms with Crippen LogP contribution in [0.15, 0.2) is 18.2 Å². The zero-order chi connectivity index (χ0) is 19.9. The van der Waals surface area contributed by atoms with Crippen molar-refractivity contribution in [3.05, 3.63) is 34.9 Å². The molecule has 0 aliphatic carbocycles. The van der Waals surface area contributed by atoms with Crippen LogP contribution < -0.4 is 10.6 Å². The van der Waals surface area contributed by atoms with Crippen LogP contribution in [-0.2, 0) is 14.3 Å². The Labute approximate surface area is 155 Å². The van der Waals surface area contributed by atoms with Crippen LogP contribution in [0.4, 0.5) is 0 Å². The minimum Gasteiger partial charge on any atom is -0.452 e. The fourth-order valence-electron chi connectivity index (χ4n) is 2.42. The minimum absolute atomic E-state index is 0.000458. The smallest absolute Gasteiger partial charge is 0.338 e. The molecule has 1 aromatic rings. The number of nitrogens with one attached hydrogen (secondary N) is 2. The molecule has 144 valence electrons. The molecule has 0 atom stereocenters. The predicted molar refractivity (Wildman–Crippen MR) is 101 cm³/mol. The largest absolute Gasteiger partial charge is 0.452 e. The first-order valence-corrected chi connectivity index (χ1v) is 8.98. The molecule has 0 aromatic heterocycles. The van der Waals surface area contributed by atoms with Gasteiger partial charge in [-0.15, -0.1) is 0 Å². The van der Waals surface area contributed by atoms with Gasteiger partial charge in [0.1, 0.15) is 0 Å². The summed E-state index contributed by atoms with van der Waals surface area (Å²) in [6.45, 7) is 11.3. The first-order valence-electron chi connectivity index (χ1n) is 8.98. The Balaban J connectivity index is 2.65. The van der Waals surface area contributed by atoms with Crippen LogP contribution >= 0.6 is 0 Å². The van der Waals surface area contributed by atoms with Gasteiger partial charge in [-0.1, -0.05) is 39.8 Å². The van der Waals surface area contributed by atoms with E-state index < -0.39 is 18.5 Å². The third-order valence-corrected chi connectivity index (χ3v) is 3.81. The number of ether oxygens (including phenoxy) is 1. The van der Waals surface area contributed by atoms with Crippen LogP contribution in [-0.4, -0.2) is 37.0 Å². The maximum Gasteiger partial charge on any atom is 0.338 e. The van der Waals surface area contributed by atoms with E-state index in [1.165, 1.54) is 0 Å². The van der Waals surface area contributed by atoms with E-state index in [2.05, 4.69) is 24.5 Å². The van der Waals surface area contributed by atoms with Gasteiger partial charge in [-0.2, -0.15) is 0 Å². The van der Waals surface area contributed by atoms with E-state index >= 15 is 0 Å². The van der Waals surface area contributed by atoms with Crippen molar-refractivity contribution in [3.8, 4) is 0 Å². The molecule has 1 rings (SSSR count). The Hall–Kier alpha value is -2.37. The van der Waals surface area contributed by atoms with Gasteiger partial charge in [0, 0.05) is 6.04 Å². The van der Waals surface area contributed by atoms with Crippen molar-refractivity contribution in [2.45, 2.75) is 59.4 Å². The average molecular weight is 362 g/mol. The Kier molecular flexibility index (Phi) is 8.29. The first-order chi connectivity index (χ1) is 12.1. The van der Waals surface area contributed by atoms with Gasteiger partial charge in [0.05, 0.1) is 12.1 Å². The molecule has 0 spiro atoms. The maximum absolute atomic E-state index is 12.4. The second-order valence-corrected chi connectivity index (χ2v) is 7.23. The van der Waals surface area contributed by atoms with Crippen molar-refractivity contribution in [3.63, 3.8) is 0 Å². The molecule has 0 aliphatic rings. The highest BCUT2D eigenvalue weighted by Crippen LogP contribution is 2.25. The number of carbonyl (C=O) groups is 3. The van der Waals surface area contributed by atoms with Crippen LogP contribution in [0.1, 0.15) is 74.9 Å². The van der Waals surface area contributed by atoms with Crippen molar-refractivity contribution < 1.29 is 19.1 Å². The molecule has 6 heteroatoms. The highest BCUT2D eigenvalue weighted by Gasteiger charge is 2.18. The molecule has 0 saturated carbocycles. The first kappa shape index (κ1) is 21.7. The summed E-state index contributed by atoms with van der Waals surface area (Å²) >= 11 is 0. The number of hydrogen-bond donors (Lipinski definition) is 2. The molecular formula is C20H30N2O4. The molecule has 0 unspecified atom stereocenters. The van der Waals surface area contributed by atoms with Crippen LogP contribution in [0, 0.1) is 0 Å². The number of amides is 2. The maximum atomic E-state index is 12.4. The summed E-state index contributed by atoms with van der Waals surface area (Å²) in [5, 5.41) is 5.09. The van der Waals surface area contributed by atoms with E-state index in [0.29, 0.717) is 11.5 Å². The quantitative estimate of drug-likeness (QED) is 0.697. The summed E-state index contributed by atoms with van der Waals surface area (Å²) in [4.78, 5) is 35.6. The van der Waals surface area contributed by atoms with E-state index in [0.717, 1.165) is 11.1 Å². The van der Waals surface area contributed by atoms with E-state index in [4.69, 9.17) is 4.74 Å². The lowest BCUT2D eigenvalue weighted by Gasteiger charge is -2.15. The summed E-state index contributed by atoms with van der Waals surface area (Å²) in [7, 11) is 0. The highest BCUT2D eigenvalue weighted by molar-refractivity contribution is 5.93. The topological polar surface area (TPSA) is 84.5 Å². The summed E-state index contributed by atoms with van der Waals surface area (Å²) in [6.07, 6.45) is 0. The van der Waals surface area contributed by atoms with Gasteiger partial charge in [-0.25, -0.2) is 4.79 Å². The van der Waals surface area contributed by atoms with Gasteiger partial charge in [-0.05, 0) is 42.9 Å². The van der Waals surface area contributed by atoms with Crippen LogP contribution in [0.3, 0.4) is 0 Å². The Morgan fingerprint density at radius 1 is 0.962 bits per heavy atom.